The van der Waals surface area contributed by atoms with E-state index in [2.05, 4.69) is 4.40 Å². The van der Waals surface area contributed by atoms with Gasteiger partial charge in [-0.3, -0.25) is 0 Å². The molecule has 2 atom stereocenters. The quantitative estimate of drug-likeness (QED) is 0.547. The van der Waals surface area contributed by atoms with Crippen molar-refractivity contribution in [3.05, 3.63) is 0 Å². The van der Waals surface area contributed by atoms with E-state index < -0.39 is 22.0 Å². The topological polar surface area (TPSA) is 35.4 Å². The molecule has 5 heteroatoms. The Balaban J connectivity index is 2.51. The lowest BCUT2D eigenvalue weighted by Crippen LogP contribution is -2.29. The van der Waals surface area contributed by atoms with E-state index in [-0.39, 0.29) is 18.8 Å². The van der Waals surface area contributed by atoms with Crippen molar-refractivity contribution in [3.63, 3.8) is 0 Å². The fourth-order valence-electron chi connectivity index (χ4n) is 1.64. The van der Waals surface area contributed by atoms with Gasteiger partial charge in [-0.15, -0.1) is 0 Å². The smallest absolute Gasteiger partial charge is 0.248 e. The summed E-state index contributed by atoms with van der Waals surface area (Å²) in [6.45, 7) is 5.45. The summed E-state index contributed by atoms with van der Waals surface area (Å²) in [4.78, 5) is 0. The normalized spacial score (nSPS) is 28.2. The summed E-state index contributed by atoms with van der Waals surface area (Å²) in [5.74, 6) is -2.80. The van der Waals surface area contributed by atoms with Crippen molar-refractivity contribution in [2.45, 2.75) is 57.1 Å². The molecule has 2 nitrogen and oxygen atoms in total. The molecule has 0 spiro atoms. The first kappa shape index (κ1) is 13.9. The predicted octanol–water partition coefficient (Wildman–Crippen LogP) is 3.34. The summed E-state index contributed by atoms with van der Waals surface area (Å²) in [5, 5.41) is 0. The average molecular weight is 251 g/mol. The molecule has 0 saturated heterocycles. The highest BCUT2D eigenvalue weighted by atomic mass is 32.2. The average Bonchev–Trinajstić information content (AvgIpc) is 2.11. The lowest BCUT2D eigenvalue weighted by molar-refractivity contribution is -0.0420. The Bertz CT molecular complexity index is 263. The third-order valence-corrected chi connectivity index (χ3v) is 3.93. The molecule has 0 heterocycles. The Labute approximate surface area is 98.8 Å². The van der Waals surface area contributed by atoms with Crippen molar-refractivity contribution in [3.8, 4) is 0 Å². The van der Waals surface area contributed by atoms with Crippen LogP contribution in [0.15, 0.2) is 4.40 Å². The van der Waals surface area contributed by atoms with Crippen LogP contribution in [-0.2, 0) is 11.4 Å². The highest BCUT2D eigenvalue weighted by molar-refractivity contribution is 7.91. The fourth-order valence-corrected chi connectivity index (χ4v) is 2.24. The molecule has 0 unspecified atom stereocenters. The molecular formula is C11H19F2NOS. The molecule has 94 valence electrons. The van der Waals surface area contributed by atoms with Crippen LogP contribution in [0.2, 0.25) is 0 Å². The third-order valence-electron chi connectivity index (χ3n) is 2.57. The van der Waals surface area contributed by atoms with E-state index in [1.54, 1.807) is 0 Å². The van der Waals surface area contributed by atoms with Gasteiger partial charge in [0, 0.05) is 18.8 Å². The molecular weight excluding hydrogens is 232 g/mol. The Morgan fingerprint density at radius 3 is 2.56 bits per heavy atom. The van der Waals surface area contributed by atoms with E-state index in [1.165, 1.54) is 6.21 Å². The first-order chi connectivity index (χ1) is 7.21. The van der Waals surface area contributed by atoms with Gasteiger partial charge in [0.1, 0.15) is 16.1 Å². The van der Waals surface area contributed by atoms with Crippen molar-refractivity contribution < 1.29 is 13.3 Å². The van der Waals surface area contributed by atoms with Crippen LogP contribution in [0, 0.1) is 5.92 Å². The first-order valence-electron chi connectivity index (χ1n) is 5.55. The van der Waals surface area contributed by atoms with Crippen molar-refractivity contribution in [2.75, 3.05) is 0 Å². The second kappa shape index (κ2) is 5.00. The van der Waals surface area contributed by atoms with Gasteiger partial charge in [0.15, 0.2) is 0 Å². The second-order valence-corrected chi connectivity index (χ2v) is 7.26. The Hall–Kier alpha value is -0.160. The standard InChI is InChI=1S/C11H19F2NOS/c1-10(2,3)16(15)14-8-9-5-4-6-11(12,13)7-9/h8-9H,4-7H2,1-3H3/t9-,16-/m1/s1. The fraction of sp³-hybridized carbons (Fsp3) is 0.909. The molecule has 0 aromatic carbocycles. The van der Waals surface area contributed by atoms with Gasteiger partial charge >= 0.3 is 0 Å². The van der Waals surface area contributed by atoms with Crippen LogP contribution in [0.25, 0.3) is 0 Å². The lowest BCUT2D eigenvalue weighted by atomic mass is 9.87. The van der Waals surface area contributed by atoms with Crippen molar-refractivity contribution >= 4 is 17.6 Å². The summed E-state index contributed by atoms with van der Waals surface area (Å²) in [7, 11) is 0. The van der Waals surface area contributed by atoms with Crippen LogP contribution in [0.5, 0.6) is 0 Å². The molecule has 1 rings (SSSR count). The van der Waals surface area contributed by atoms with E-state index in [4.69, 9.17) is 0 Å². The summed E-state index contributed by atoms with van der Waals surface area (Å²) in [6.07, 6.45) is 2.53. The molecule has 1 aliphatic carbocycles. The van der Waals surface area contributed by atoms with Crippen LogP contribution in [0.4, 0.5) is 8.78 Å². The van der Waals surface area contributed by atoms with Crippen LogP contribution >= 0.6 is 0 Å². The largest absolute Gasteiger partial charge is 0.591 e. The van der Waals surface area contributed by atoms with E-state index in [9.17, 15) is 13.3 Å². The zero-order valence-corrected chi connectivity index (χ0v) is 10.8. The Kier molecular flexibility index (Phi) is 4.35. The van der Waals surface area contributed by atoms with Crippen LogP contribution in [-0.4, -0.2) is 21.4 Å². The highest BCUT2D eigenvalue weighted by Crippen LogP contribution is 2.36. The van der Waals surface area contributed by atoms with Crippen molar-refractivity contribution in [2.24, 2.45) is 10.3 Å². The van der Waals surface area contributed by atoms with Crippen molar-refractivity contribution in [1.29, 1.82) is 0 Å². The monoisotopic (exact) mass is 251 g/mol. The van der Waals surface area contributed by atoms with Crippen molar-refractivity contribution in [1.82, 2.24) is 0 Å². The maximum Gasteiger partial charge on any atom is 0.248 e. The molecule has 1 saturated carbocycles. The Morgan fingerprint density at radius 1 is 1.44 bits per heavy atom. The molecule has 0 aromatic rings. The van der Waals surface area contributed by atoms with Gasteiger partial charge in [-0.1, -0.05) is 4.40 Å². The summed E-state index contributed by atoms with van der Waals surface area (Å²) in [5.41, 5.74) is 0. The zero-order valence-electron chi connectivity index (χ0n) is 10.0. The minimum absolute atomic E-state index is 0.0281. The van der Waals surface area contributed by atoms with E-state index in [0.29, 0.717) is 6.42 Å². The summed E-state index contributed by atoms with van der Waals surface area (Å²) >= 11 is -1.34. The minimum Gasteiger partial charge on any atom is -0.591 e. The maximum absolute atomic E-state index is 13.1. The number of alkyl halides is 2. The van der Waals surface area contributed by atoms with Crippen LogP contribution < -0.4 is 0 Å². The molecule has 0 bridgehead atoms. The number of rotatable bonds is 2. The van der Waals surface area contributed by atoms with Gasteiger partial charge in [-0.2, -0.15) is 0 Å². The van der Waals surface area contributed by atoms with Crippen LogP contribution in [0.1, 0.15) is 46.5 Å². The second-order valence-electron chi connectivity index (χ2n) is 5.33. The first-order valence-corrected chi connectivity index (χ1v) is 6.65. The molecule has 0 N–H and O–H groups in total. The number of nitrogens with zero attached hydrogens (tertiary/aromatic N) is 1. The number of hydrogen-bond acceptors (Lipinski definition) is 2. The molecule has 16 heavy (non-hydrogen) atoms. The molecule has 0 aliphatic heterocycles. The molecule has 0 amide bonds. The Morgan fingerprint density at radius 2 is 2.06 bits per heavy atom. The van der Waals surface area contributed by atoms with Gasteiger partial charge in [-0.25, -0.2) is 8.78 Å². The SMILES string of the molecule is CC(C)(C)[S@@+]([O-])N=C[C@@H]1CCCC(F)(F)C1. The number of halogens is 2. The van der Waals surface area contributed by atoms with E-state index >= 15 is 0 Å². The van der Waals surface area contributed by atoms with Gasteiger partial charge in [0.05, 0.1) is 6.21 Å². The van der Waals surface area contributed by atoms with Crippen LogP contribution in [0.3, 0.4) is 0 Å². The third kappa shape index (κ3) is 4.37. The summed E-state index contributed by atoms with van der Waals surface area (Å²) < 4.78 is 41.2. The highest BCUT2D eigenvalue weighted by Gasteiger charge is 2.36. The van der Waals surface area contributed by atoms with Gasteiger partial charge < -0.3 is 4.55 Å². The zero-order chi connectivity index (χ0) is 12.4. The number of hydrogen-bond donors (Lipinski definition) is 0. The minimum atomic E-state index is -2.57. The van der Waals surface area contributed by atoms with Gasteiger partial charge in [-0.05, 0) is 33.6 Å². The molecule has 1 aliphatic rings. The molecule has 0 aromatic heterocycles. The van der Waals surface area contributed by atoms with E-state index in [0.717, 1.165) is 6.42 Å². The van der Waals surface area contributed by atoms with E-state index in [1.807, 2.05) is 20.8 Å². The lowest BCUT2D eigenvalue weighted by Gasteiger charge is -2.26. The maximum atomic E-state index is 13.1. The van der Waals surface area contributed by atoms with Gasteiger partial charge in [0.2, 0.25) is 5.92 Å². The summed E-state index contributed by atoms with van der Waals surface area (Å²) in [6, 6.07) is 0. The molecule has 1 fully saturated rings. The molecule has 0 radical (unpaired) electrons. The predicted molar refractivity (Wildman–Crippen MR) is 63.3 cm³/mol. The van der Waals surface area contributed by atoms with Gasteiger partial charge in [0.25, 0.3) is 0 Å².